The Hall–Kier alpha value is -3.78. The average molecular weight is 449 g/mol. The fourth-order valence-electron chi connectivity index (χ4n) is 4.22. The molecular weight excluding hydrogens is 412 g/mol. The van der Waals surface area contributed by atoms with Gasteiger partial charge in [0.25, 0.3) is 0 Å². The van der Waals surface area contributed by atoms with Gasteiger partial charge in [0.05, 0.1) is 0 Å². The van der Waals surface area contributed by atoms with E-state index in [1.807, 2.05) is 30.4 Å². The Labute approximate surface area is 205 Å². The normalized spacial score (nSPS) is 13.4. The molecule has 3 aromatic rings. The molecule has 0 spiro atoms. The van der Waals surface area contributed by atoms with Gasteiger partial charge < -0.3 is 10.2 Å². The summed E-state index contributed by atoms with van der Waals surface area (Å²) in [4.78, 5) is 2.25. The lowest BCUT2D eigenvalue weighted by Gasteiger charge is -2.27. The third kappa shape index (κ3) is 5.77. The van der Waals surface area contributed by atoms with Crippen molar-refractivity contribution in [2.45, 2.75) is 27.2 Å². The summed E-state index contributed by atoms with van der Waals surface area (Å²) in [6.07, 6.45) is 4.71. The van der Waals surface area contributed by atoms with E-state index in [4.69, 9.17) is 0 Å². The van der Waals surface area contributed by atoms with E-state index in [-0.39, 0.29) is 0 Å². The first-order chi connectivity index (χ1) is 16.3. The molecule has 3 aromatic carbocycles. The van der Waals surface area contributed by atoms with Crippen LogP contribution in [0.5, 0.6) is 0 Å². The molecule has 3 rings (SSSR count). The zero-order chi connectivity index (χ0) is 24.7. The van der Waals surface area contributed by atoms with E-state index >= 15 is 0 Å². The molecule has 0 fully saturated rings. The van der Waals surface area contributed by atoms with Crippen molar-refractivity contribution in [3.63, 3.8) is 0 Å². The molecule has 174 valence electrons. The lowest BCUT2D eigenvalue weighted by atomic mass is 9.89. The first-order valence-corrected chi connectivity index (χ1v) is 11.8. The molecule has 0 aliphatic heterocycles. The molecule has 0 aromatic heterocycles. The Morgan fingerprint density at radius 3 is 2.24 bits per heavy atom. The van der Waals surface area contributed by atoms with Crippen LogP contribution in [-0.2, 0) is 0 Å². The molecule has 2 nitrogen and oxygen atoms in total. The molecule has 0 aliphatic rings. The second-order valence-corrected chi connectivity index (χ2v) is 8.81. The van der Waals surface area contributed by atoms with Crippen molar-refractivity contribution < 1.29 is 0 Å². The summed E-state index contributed by atoms with van der Waals surface area (Å²) in [6, 6.07) is 25.2. The average Bonchev–Trinajstić information content (AvgIpc) is 2.86. The number of para-hydroxylation sites is 1. The van der Waals surface area contributed by atoms with Gasteiger partial charge in [0.2, 0.25) is 0 Å². The Morgan fingerprint density at radius 1 is 0.941 bits per heavy atom. The fraction of sp³-hybridized carbons (Fsp3) is 0.188. The minimum atomic E-state index is 0.336. The van der Waals surface area contributed by atoms with Crippen LogP contribution in [0.3, 0.4) is 0 Å². The monoisotopic (exact) mass is 448 g/mol. The van der Waals surface area contributed by atoms with Crippen LogP contribution >= 0.6 is 0 Å². The molecule has 2 heteroatoms. The van der Waals surface area contributed by atoms with Crippen LogP contribution in [-0.4, -0.2) is 7.05 Å². The van der Waals surface area contributed by atoms with Crippen LogP contribution in [0.2, 0.25) is 0 Å². The van der Waals surface area contributed by atoms with Crippen LogP contribution in [0, 0.1) is 5.92 Å². The number of rotatable bonds is 10. The molecule has 0 bridgehead atoms. The van der Waals surface area contributed by atoms with E-state index < -0.39 is 0 Å². The van der Waals surface area contributed by atoms with E-state index in [2.05, 4.69) is 112 Å². The predicted octanol–water partition coefficient (Wildman–Crippen LogP) is 8.89. The van der Waals surface area contributed by atoms with Crippen molar-refractivity contribution in [1.82, 2.24) is 0 Å². The van der Waals surface area contributed by atoms with E-state index in [0.717, 1.165) is 45.9 Å². The molecule has 0 unspecified atom stereocenters. The maximum Gasteiger partial charge on any atom is 0.0414 e. The second kappa shape index (κ2) is 11.4. The SMILES string of the molecule is C=C/C(Nc1ccccc1)=C(C)\C(C(=C)C[C@H](C)C=C)=C(/C)N(C)c1ccc2ccccc2c1. The molecule has 0 heterocycles. The Morgan fingerprint density at radius 2 is 1.59 bits per heavy atom. The molecule has 1 atom stereocenters. The number of benzene rings is 3. The zero-order valence-electron chi connectivity index (χ0n) is 20.9. The molecule has 0 saturated carbocycles. The largest absolute Gasteiger partial charge is 0.355 e. The highest BCUT2D eigenvalue weighted by Gasteiger charge is 2.18. The number of hydrogen-bond donors (Lipinski definition) is 1. The third-order valence-electron chi connectivity index (χ3n) is 6.35. The van der Waals surface area contributed by atoms with Gasteiger partial charge in [-0.15, -0.1) is 6.58 Å². The first kappa shape index (κ1) is 24.9. The number of fused-ring (bicyclic) bond motifs is 1. The van der Waals surface area contributed by atoms with Gasteiger partial charge in [-0.2, -0.15) is 0 Å². The summed E-state index contributed by atoms with van der Waals surface area (Å²) in [5.74, 6) is 0.336. The Bertz CT molecular complexity index is 1240. The lowest BCUT2D eigenvalue weighted by molar-refractivity contribution is 0.723. The van der Waals surface area contributed by atoms with Crippen LogP contribution < -0.4 is 10.2 Å². The van der Waals surface area contributed by atoms with Crippen molar-refractivity contribution >= 4 is 22.1 Å². The zero-order valence-corrected chi connectivity index (χ0v) is 20.9. The van der Waals surface area contributed by atoms with Crippen molar-refractivity contribution in [2.24, 2.45) is 5.92 Å². The highest BCUT2D eigenvalue weighted by molar-refractivity contribution is 5.86. The number of hydrogen-bond acceptors (Lipinski definition) is 2. The standard InChI is InChI=1S/C32H36N2/c1-8-23(3)21-24(4)32(25(5)31(9-2)33-29-17-11-10-12-18-29)26(6)34(7)30-20-19-27-15-13-14-16-28(27)22-30/h8-20,22-23,33H,1-2,4,21H2,3,5-7H3/b31-25+,32-26+/t23-/m1/s1. The van der Waals surface area contributed by atoms with Crippen LogP contribution in [0.15, 0.2) is 133 Å². The molecule has 34 heavy (non-hydrogen) atoms. The number of nitrogens with zero attached hydrogens (tertiary/aromatic N) is 1. The first-order valence-electron chi connectivity index (χ1n) is 11.8. The van der Waals surface area contributed by atoms with Gasteiger partial charge in [-0.25, -0.2) is 0 Å². The van der Waals surface area contributed by atoms with Crippen molar-refractivity contribution in [1.29, 1.82) is 0 Å². The number of anilines is 2. The van der Waals surface area contributed by atoms with Gasteiger partial charge in [0.1, 0.15) is 0 Å². The van der Waals surface area contributed by atoms with Gasteiger partial charge in [-0.3, -0.25) is 0 Å². The van der Waals surface area contributed by atoms with Crippen molar-refractivity contribution in [2.75, 3.05) is 17.3 Å². The molecule has 0 aliphatic carbocycles. The highest BCUT2D eigenvalue weighted by atomic mass is 15.1. The predicted molar refractivity (Wildman–Crippen MR) is 151 cm³/mol. The van der Waals surface area contributed by atoms with Crippen molar-refractivity contribution in [3.05, 3.63) is 133 Å². The second-order valence-electron chi connectivity index (χ2n) is 8.81. The van der Waals surface area contributed by atoms with Gasteiger partial charge in [-0.1, -0.05) is 74.7 Å². The summed E-state index contributed by atoms with van der Waals surface area (Å²) in [5.41, 5.74) is 7.63. The number of nitrogens with one attached hydrogen (secondary N) is 1. The summed E-state index contributed by atoms with van der Waals surface area (Å²) in [7, 11) is 2.12. The highest BCUT2D eigenvalue weighted by Crippen LogP contribution is 2.33. The minimum Gasteiger partial charge on any atom is -0.355 e. The van der Waals surface area contributed by atoms with Crippen LogP contribution in [0.25, 0.3) is 10.8 Å². The molecular formula is C32H36N2. The van der Waals surface area contributed by atoms with Gasteiger partial charge in [0.15, 0.2) is 0 Å². The number of allylic oxidation sites excluding steroid dienone is 6. The summed E-state index contributed by atoms with van der Waals surface area (Å²) in [5, 5.41) is 6.00. The van der Waals surface area contributed by atoms with E-state index in [9.17, 15) is 0 Å². The van der Waals surface area contributed by atoms with Crippen LogP contribution in [0.1, 0.15) is 27.2 Å². The quantitative estimate of drug-likeness (QED) is 0.246. The Kier molecular flexibility index (Phi) is 8.32. The topological polar surface area (TPSA) is 15.3 Å². The smallest absolute Gasteiger partial charge is 0.0414 e. The summed E-state index contributed by atoms with van der Waals surface area (Å²) >= 11 is 0. The third-order valence-corrected chi connectivity index (χ3v) is 6.35. The molecule has 0 amide bonds. The molecule has 1 N–H and O–H groups in total. The van der Waals surface area contributed by atoms with E-state index in [1.165, 1.54) is 10.8 Å². The summed E-state index contributed by atoms with van der Waals surface area (Å²) in [6.45, 7) is 19.1. The lowest BCUT2D eigenvalue weighted by Crippen LogP contribution is -2.18. The molecule has 0 radical (unpaired) electrons. The minimum absolute atomic E-state index is 0.336. The van der Waals surface area contributed by atoms with E-state index in [1.54, 1.807) is 0 Å². The maximum atomic E-state index is 4.51. The van der Waals surface area contributed by atoms with Gasteiger partial charge in [-0.05, 0) is 78.4 Å². The maximum absolute atomic E-state index is 4.51. The summed E-state index contributed by atoms with van der Waals surface area (Å²) < 4.78 is 0. The molecule has 0 saturated heterocycles. The van der Waals surface area contributed by atoms with Crippen LogP contribution in [0.4, 0.5) is 11.4 Å². The Balaban J connectivity index is 2.11. The van der Waals surface area contributed by atoms with Gasteiger partial charge in [0, 0.05) is 35.4 Å². The van der Waals surface area contributed by atoms with E-state index in [0.29, 0.717) is 5.92 Å². The van der Waals surface area contributed by atoms with Crippen molar-refractivity contribution in [3.8, 4) is 0 Å². The van der Waals surface area contributed by atoms with Gasteiger partial charge >= 0.3 is 0 Å². The fourth-order valence-corrected chi connectivity index (χ4v) is 4.22.